The van der Waals surface area contributed by atoms with Crippen LogP contribution in [0.2, 0.25) is 0 Å². The number of benzene rings is 1. The first kappa shape index (κ1) is 19.6. The van der Waals surface area contributed by atoms with Gasteiger partial charge in [0.1, 0.15) is 17.8 Å². The number of nitro groups is 1. The van der Waals surface area contributed by atoms with E-state index in [9.17, 15) is 14.9 Å². The van der Waals surface area contributed by atoms with Gasteiger partial charge in [-0.2, -0.15) is 0 Å². The van der Waals surface area contributed by atoms with Crippen LogP contribution in [0.3, 0.4) is 0 Å². The van der Waals surface area contributed by atoms with Gasteiger partial charge in [0.25, 0.3) is 11.6 Å². The highest BCUT2D eigenvalue weighted by molar-refractivity contribution is 5.78. The van der Waals surface area contributed by atoms with Gasteiger partial charge in [0, 0.05) is 32.2 Å². The van der Waals surface area contributed by atoms with Gasteiger partial charge in [-0.25, -0.2) is 4.98 Å². The van der Waals surface area contributed by atoms with E-state index in [0.717, 1.165) is 29.8 Å². The number of carbonyl (C=O) groups is 1. The Balaban J connectivity index is 1.56. The van der Waals surface area contributed by atoms with Crippen LogP contribution in [0.25, 0.3) is 0 Å². The summed E-state index contributed by atoms with van der Waals surface area (Å²) in [6.45, 7) is 6.54. The Hall–Kier alpha value is -3.16. The highest BCUT2D eigenvalue weighted by Gasteiger charge is 2.21. The van der Waals surface area contributed by atoms with Gasteiger partial charge in [-0.15, -0.1) is 0 Å². The smallest absolute Gasteiger partial charge is 0.287 e. The molecule has 3 rings (SSSR count). The second kappa shape index (κ2) is 8.69. The van der Waals surface area contributed by atoms with E-state index in [1.807, 2.05) is 36.9 Å². The van der Waals surface area contributed by atoms with Crippen molar-refractivity contribution in [3.63, 3.8) is 0 Å². The van der Waals surface area contributed by atoms with Gasteiger partial charge >= 0.3 is 0 Å². The number of nitrogens with zero attached hydrogens (tertiary/aromatic N) is 4. The van der Waals surface area contributed by atoms with Crippen LogP contribution in [0.15, 0.2) is 36.5 Å². The third kappa shape index (κ3) is 4.76. The molecule has 0 atom stereocenters. The van der Waals surface area contributed by atoms with Crippen molar-refractivity contribution >= 4 is 17.4 Å². The van der Waals surface area contributed by atoms with Gasteiger partial charge in [0.05, 0.1) is 4.92 Å². The minimum absolute atomic E-state index is 0.0140. The number of carbonyl (C=O) groups excluding carboxylic acids is 1. The summed E-state index contributed by atoms with van der Waals surface area (Å²) in [5.41, 5.74) is 2.07. The molecular formula is C20H24N4O4. The van der Waals surface area contributed by atoms with E-state index < -0.39 is 4.92 Å². The molecule has 8 nitrogen and oxygen atoms in total. The quantitative estimate of drug-likeness (QED) is 0.582. The molecule has 2 heterocycles. The third-order valence-electron chi connectivity index (χ3n) is 4.81. The molecular weight excluding hydrogens is 360 g/mol. The van der Waals surface area contributed by atoms with Crippen molar-refractivity contribution in [2.45, 2.75) is 20.3 Å². The van der Waals surface area contributed by atoms with Crippen LogP contribution in [-0.2, 0) is 4.79 Å². The Labute approximate surface area is 163 Å². The van der Waals surface area contributed by atoms with Gasteiger partial charge in [-0.3, -0.25) is 14.9 Å². The normalized spacial score (nSPS) is 14.5. The summed E-state index contributed by atoms with van der Waals surface area (Å²) in [5.74, 6) is 1.38. The zero-order valence-corrected chi connectivity index (χ0v) is 16.1. The second-order valence-corrected chi connectivity index (χ2v) is 6.91. The molecule has 148 valence electrons. The third-order valence-corrected chi connectivity index (χ3v) is 4.81. The molecule has 8 heteroatoms. The Morgan fingerprint density at radius 1 is 1.18 bits per heavy atom. The van der Waals surface area contributed by atoms with E-state index in [0.29, 0.717) is 25.5 Å². The Morgan fingerprint density at radius 3 is 2.71 bits per heavy atom. The maximum Gasteiger partial charge on any atom is 0.287 e. The fourth-order valence-corrected chi connectivity index (χ4v) is 3.16. The average molecular weight is 384 g/mol. The molecule has 0 unspecified atom stereocenters. The van der Waals surface area contributed by atoms with E-state index in [4.69, 9.17) is 4.74 Å². The van der Waals surface area contributed by atoms with Crippen molar-refractivity contribution in [3.8, 4) is 5.75 Å². The second-order valence-electron chi connectivity index (χ2n) is 6.91. The van der Waals surface area contributed by atoms with Gasteiger partial charge in [0.15, 0.2) is 6.61 Å². The number of amides is 1. The number of hydrogen-bond acceptors (Lipinski definition) is 6. The average Bonchev–Trinajstić information content (AvgIpc) is 2.95. The molecule has 1 amide bonds. The van der Waals surface area contributed by atoms with Crippen LogP contribution in [0, 0.1) is 24.0 Å². The summed E-state index contributed by atoms with van der Waals surface area (Å²) in [6.07, 6.45) is 2.06. The van der Waals surface area contributed by atoms with Gasteiger partial charge in [0.2, 0.25) is 0 Å². The Bertz CT molecular complexity index is 854. The monoisotopic (exact) mass is 384 g/mol. The number of anilines is 1. The van der Waals surface area contributed by atoms with E-state index in [1.54, 1.807) is 11.0 Å². The molecule has 0 aliphatic carbocycles. The molecule has 0 saturated carbocycles. The van der Waals surface area contributed by atoms with Gasteiger partial charge in [-0.05, 0) is 43.5 Å². The molecule has 28 heavy (non-hydrogen) atoms. The molecule has 1 saturated heterocycles. The molecule has 0 radical (unpaired) electrons. The van der Waals surface area contributed by atoms with Crippen molar-refractivity contribution in [1.82, 2.24) is 9.88 Å². The number of ether oxygens (including phenoxy) is 1. The molecule has 0 bridgehead atoms. The number of rotatable bonds is 5. The molecule has 1 aliphatic rings. The minimum Gasteiger partial charge on any atom is -0.483 e. The highest BCUT2D eigenvalue weighted by atomic mass is 16.6. The molecule has 2 aromatic rings. The van der Waals surface area contributed by atoms with E-state index in [-0.39, 0.29) is 18.2 Å². The zero-order chi connectivity index (χ0) is 20.1. The lowest BCUT2D eigenvalue weighted by atomic mass is 10.1. The maximum atomic E-state index is 12.6. The molecule has 0 N–H and O–H groups in total. The number of pyridine rings is 1. The predicted molar refractivity (Wildman–Crippen MR) is 106 cm³/mol. The molecule has 1 fully saturated rings. The summed E-state index contributed by atoms with van der Waals surface area (Å²) >= 11 is 0. The van der Waals surface area contributed by atoms with Crippen LogP contribution in [0.1, 0.15) is 17.5 Å². The summed E-state index contributed by atoms with van der Waals surface area (Å²) < 4.78 is 5.74. The van der Waals surface area contributed by atoms with E-state index in [1.165, 1.54) is 12.3 Å². The van der Waals surface area contributed by atoms with Crippen molar-refractivity contribution in [3.05, 3.63) is 57.8 Å². The predicted octanol–water partition coefficient (Wildman–Crippen LogP) is 2.72. The van der Waals surface area contributed by atoms with E-state index >= 15 is 0 Å². The molecule has 1 aliphatic heterocycles. The lowest BCUT2D eigenvalue weighted by Gasteiger charge is -2.23. The number of hydrogen-bond donors (Lipinski definition) is 0. The van der Waals surface area contributed by atoms with Crippen molar-refractivity contribution in [1.29, 1.82) is 0 Å². The van der Waals surface area contributed by atoms with Crippen LogP contribution in [-0.4, -0.2) is 53.5 Å². The van der Waals surface area contributed by atoms with Crippen LogP contribution in [0.4, 0.5) is 11.5 Å². The Kier molecular flexibility index (Phi) is 6.08. The standard InChI is InChI=1S/C20H24N4O4/c1-15-4-5-16(2)18(12-15)28-14-20(25)23-9-3-8-22(10-11-23)19-7-6-17(13-21-19)24(26)27/h4-7,12-13H,3,8-11,14H2,1-2H3. The van der Waals surface area contributed by atoms with E-state index in [2.05, 4.69) is 4.98 Å². The van der Waals surface area contributed by atoms with Crippen molar-refractivity contribution < 1.29 is 14.5 Å². The lowest BCUT2D eigenvalue weighted by Crippen LogP contribution is -2.38. The fraction of sp³-hybridized carbons (Fsp3) is 0.400. The summed E-state index contributed by atoms with van der Waals surface area (Å²) in [4.78, 5) is 30.9. The summed E-state index contributed by atoms with van der Waals surface area (Å²) in [7, 11) is 0. The van der Waals surface area contributed by atoms with Crippen molar-refractivity contribution in [2.24, 2.45) is 0 Å². The fourth-order valence-electron chi connectivity index (χ4n) is 3.16. The van der Waals surface area contributed by atoms with Crippen LogP contribution in [0.5, 0.6) is 5.75 Å². The molecule has 0 spiro atoms. The lowest BCUT2D eigenvalue weighted by molar-refractivity contribution is -0.385. The SMILES string of the molecule is Cc1ccc(C)c(OCC(=O)N2CCCN(c3ccc([N+](=O)[O-])cn3)CC2)c1. The highest BCUT2D eigenvalue weighted by Crippen LogP contribution is 2.20. The summed E-state index contributed by atoms with van der Waals surface area (Å²) in [5, 5.41) is 10.8. The molecule has 1 aromatic carbocycles. The van der Waals surface area contributed by atoms with Crippen LogP contribution < -0.4 is 9.64 Å². The topological polar surface area (TPSA) is 88.8 Å². The maximum absolute atomic E-state index is 12.6. The largest absolute Gasteiger partial charge is 0.483 e. The minimum atomic E-state index is -0.463. The van der Waals surface area contributed by atoms with Crippen LogP contribution >= 0.6 is 0 Å². The Morgan fingerprint density at radius 2 is 2.00 bits per heavy atom. The molecule has 1 aromatic heterocycles. The van der Waals surface area contributed by atoms with Gasteiger partial charge in [-0.1, -0.05) is 12.1 Å². The first-order chi connectivity index (χ1) is 13.4. The zero-order valence-electron chi connectivity index (χ0n) is 16.1. The number of aromatic nitrogens is 1. The first-order valence-electron chi connectivity index (χ1n) is 9.27. The number of aryl methyl sites for hydroxylation is 2. The summed E-state index contributed by atoms with van der Waals surface area (Å²) in [6, 6.07) is 9.04. The van der Waals surface area contributed by atoms with Crippen molar-refractivity contribution in [2.75, 3.05) is 37.7 Å². The first-order valence-corrected chi connectivity index (χ1v) is 9.27. The van der Waals surface area contributed by atoms with Gasteiger partial charge < -0.3 is 14.5 Å².